The van der Waals surface area contributed by atoms with Gasteiger partial charge in [0.05, 0.1) is 18.7 Å². The van der Waals surface area contributed by atoms with Gasteiger partial charge < -0.3 is 19.7 Å². The van der Waals surface area contributed by atoms with Crippen molar-refractivity contribution in [1.29, 1.82) is 0 Å². The molecule has 1 aromatic carbocycles. The lowest BCUT2D eigenvalue weighted by Gasteiger charge is -2.30. The zero-order chi connectivity index (χ0) is 15.4. The molecule has 21 heavy (non-hydrogen) atoms. The smallest absolute Gasteiger partial charge is 0.307 e. The highest BCUT2D eigenvalue weighted by atomic mass is 16.5. The minimum absolute atomic E-state index is 0.0776. The molecule has 1 atom stereocenters. The summed E-state index contributed by atoms with van der Waals surface area (Å²) in [6.07, 6.45) is -0.169. The lowest BCUT2D eigenvalue weighted by Crippen LogP contribution is -2.41. The molecule has 2 rings (SSSR count). The van der Waals surface area contributed by atoms with Crippen LogP contribution in [0.2, 0.25) is 0 Å². The van der Waals surface area contributed by atoms with Crippen molar-refractivity contribution in [2.45, 2.75) is 26.4 Å². The number of esters is 1. The van der Waals surface area contributed by atoms with Crippen molar-refractivity contribution in [2.24, 2.45) is 0 Å². The highest BCUT2D eigenvalue weighted by molar-refractivity contribution is 5.99. The van der Waals surface area contributed by atoms with Gasteiger partial charge in [-0.2, -0.15) is 0 Å². The molecular formula is C15H20N2O4. The number of anilines is 2. The molecule has 1 aliphatic heterocycles. The van der Waals surface area contributed by atoms with Crippen LogP contribution in [0.5, 0.6) is 5.75 Å². The zero-order valence-corrected chi connectivity index (χ0v) is 12.5. The molecule has 1 aromatic rings. The summed E-state index contributed by atoms with van der Waals surface area (Å²) < 4.78 is 10.4. The number of hydrogen-bond donors (Lipinski definition) is 1. The SMILES string of the molecule is CCOC(=O)CCNc1ccc2c(c1)N(C)C(=O)C(C)O2. The van der Waals surface area contributed by atoms with Gasteiger partial charge in [0.2, 0.25) is 0 Å². The van der Waals surface area contributed by atoms with E-state index in [4.69, 9.17) is 9.47 Å². The number of hydrogen-bond acceptors (Lipinski definition) is 5. The number of ether oxygens (including phenoxy) is 2. The van der Waals surface area contributed by atoms with Gasteiger partial charge in [0.25, 0.3) is 5.91 Å². The molecule has 1 unspecified atom stereocenters. The van der Waals surface area contributed by atoms with Crippen LogP contribution >= 0.6 is 0 Å². The Kier molecular flexibility index (Phi) is 4.67. The van der Waals surface area contributed by atoms with E-state index in [1.807, 2.05) is 18.2 Å². The summed E-state index contributed by atoms with van der Waals surface area (Å²) in [6, 6.07) is 5.52. The molecule has 1 amide bonds. The van der Waals surface area contributed by atoms with Crippen LogP contribution in [0.1, 0.15) is 20.3 Å². The molecule has 0 aliphatic carbocycles. The van der Waals surface area contributed by atoms with Crippen LogP contribution in [0.4, 0.5) is 11.4 Å². The van der Waals surface area contributed by atoms with Gasteiger partial charge in [0.1, 0.15) is 5.75 Å². The molecule has 6 heteroatoms. The van der Waals surface area contributed by atoms with E-state index >= 15 is 0 Å². The van der Waals surface area contributed by atoms with Crippen molar-refractivity contribution in [3.8, 4) is 5.75 Å². The van der Waals surface area contributed by atoms with Crippen molar-refractivity contribution >= 4 is 23.3 Å². The minimum Gasteiger partial charge on any atom is -0.479 e. The third-order valence-corrected chi connectivity index (χ3v) is 3.27. The summed E-state index contributed by atoms with van der Waals surface area (Å²) >= 11 is 0. The van der Waals surface area contributed by atoms with Gasteiger partial charge in [-0.1, -0.05) is 0 Å². The molecule has 114 valence electrons. The van der Waals surface area contributed by atoms with Gasteiger partial charge in [-0.05, 0) is 32.0 Å². The van der Waals surface area contributed by atoms with Crippen molar-refractivity contribution in [2.75, 3.05) is 30.4 Å². The first-order valence-corrected chi connectivity index (χ1v) is 7.00. The van der Waals surface area contributed by atoms with Gasteiger partial charge in [-0.3, -0.25) is 9.59 Å². The number of fused-ring (bicyclic) bond motifs is 1. The number of rotatable bonds is 5. The third kappa shape index (κ3) is 3.45. The maximum absolute atomic E-state index is 11.9. The summed E-state index contributed by atoms with van der Waals surface area (Å²) in [6.45, 7) is 4.38. The number of benzene rings is 1. The molecule has 0 saturated carbocycles. The molecule has 1 heterocycles. The van der Waals surface area contributed by atoms with Gasteiger partial charge in [0, 0.05) is 19.3 Å². The molecule has 1 aliphatic rings. The van der Waals surface area contributed by atoms with E-state index in [9.17, 15) is 9.59 Å². The molecule has 6 nitrogen and oxygen atoms in total. The number of nitrogens with one attached hydrogen (secondary N) is 1. The number of carbonyl (C=O) groups excluding carboxylic acids is 2. The standard InChI is InChI=1S/C15H20N2O4/c1-4-20-14(18)7-8-16-11-5-6-13-12(9-11)17(3)15(19)10(2)21-13/h5-6,9-10,16H,4,7-8H2,1-3H3. The first-order valence-electron chi connectivity index (χ1n) is 7.00. The molecule has 0 aromatic heterocycles. The molecule has 1 N–H and O–H groups in total. The van der Waals surface area contributed by atoms with Crippen molar-refractivity contribution < 1.29 is 19.1 Å². The average molecular weight is 292 g/mol. The predicted molar refractivity (Wildman–Crippen MR) is 79.7 cm³/mol. The Morgan fingerprint density at radius 3 is 2.95 bits per heavy atom. The van der Waals surface area contributed by atoms with Gasteiger partial charge in [-0.15, -0.1) is 0 Å². The van der Waals surface area contributed by atoms with Crippen LogP contribution < -0.4 is 15.0 Å². The van der Waals surface area contributed by atoms with Crippen LogP contribution in [0.25, 0.3) is 0 Å². The van der Waals surface area contributed by atoms with Crippen LogP contribution in [0.15, 0.2) is 18.2 Å². The van der Waals surface area contributed by atoms with E-state index in [-0.39, 0.29) is 11.9 Å². The van der Waals surface area contributed by atoms with Crippen LogP contribution in [0, 0.1) is 0 Å². The number of nitrogens with zero attached hydrogens (tertiary/aromatic N) is 1. The summed E-state index contributed by atoms with van der Waals surface area (Å²) in [5.74, 6) is 0.374. The Balaban J connectivity index is 2.01. The fourth-order valence-corrected chi connectivity index (χ4v) is 2.16. The second-order valence-corrected chi connectivity index (χ2v) is 4.82. The summed E-state index contributed by atoms with van der Waals surface area (Å²) in [7, 11) is 1.72. The van der Waals surface area contributed by atoms with Crippen molar-refractivity contribution in [3.63, 3.8) is 0 Å². The normalized spacial score (nSPS) is 17.0. The zero-order valence-electron chi connectivity index (χ0n) is 12.5. The van der Waals surface area contributed by atoms with E-state index in [2.05, 4.69) is 5.32 Å². The van der Waals surface area contributed by atoms with Crippen LogP contribution in [-0.4, -0.2) is 38.2 Å². The second kappa shape index (κ2) is 6.47. The van der Waals surface area contributed by atoms with E-state index in [0.29, 0.717) is 25.3 Å². The Morgan fingerprint density at radius 1 is 1.48 bits per heavy atom. The molecule has 0 spiro atoms. The van der Waals surface area contributed by atoms with E-state index in [0.717, 1.165) is 11.4 Å². The molecular weight excluding hydrogens is 272 g/mol. The molecule has 0 bridgehead atoms. The molecule has 0 fully saturated rings. The maximum atomic E-state index is 11.9. The minimum atomic E-state index is -0.467. The Hall–Kier alpha value is -2.24. The largest absolute Gasteiger partial charge is 0.479 e. The predicted octanol–water partition coefficient (Wildman–Crippen LogP) is 1.80. The Bertz CT molecular complexity index is 544. The Morgan fingerprint density at radius 2 is 2.24 bits per heavy atom. The van der Waals surface area contributed by atoms with Crippen molar-refractivity contribution in [3.05, 3.63) is 18.2 Å². The lowest BCUT2D eigenvalue weighted by molar-refractivity contribution is -0.142. The highest BCUT2D eigenvalue weighted by Gasteiger charge is 2.28. The van der Waals surface area contributed by atoms with Crippen LogP contribution in [0.3, 0.4) is 0 Å². The van der Waals surface area contributed by atoms with Gasteiger partial charge >= 0.3 is 5.97 Å². The number of carbonyl (C=O) groups is 2. The fraction of sp³-hybridized carbons (Fsp3) is 0.467. The first kappa shape index (κ1) is 15.2. The highest BCUT2D eigenvalue weighted by Crippen LogP contribution is 2.35. The van der Waals surface area contributed by atoms with E-state index < -0.39 is 6.10 Å². The topological polar surface area (TPSA) is 67.9 Å². The third-order valence-electron chi connectivity index (χ3n) is 3.27. The Labute approximate surface area is 124 Å². The first-order chi connectivity index (χ1) is 10.0. The monoisotopic (exact) mass is 292 g/mol. The van der Waals surface area contributed by atoms with E-state index in [1.54, 1.807) is 25.8 Å². The van der Waals surface area contributed by atoms with Crippen LogP contribution in [-0.2, 0) is 14.3 Å². The lowest BCUT2D eigenvalue weighted by atomic mass is 10.2. The quantitative estimate of drug-likeness (QED) is 0.838. The summed E-state index contributed by atoms with van der Waals surface area (Å²) in [4.78, 5) is 24.7. The van der Waals surface area contributed by atoms with Gasteiger partial charge in [-0.25, -0.2) is 0 Å². The second-order valence-electron chi connectivity index (χ2n) is 4.82. The maximum Gasteiger partial charge on any atom is 0.307 e. The average Bonchev–Trinajstić information content (AvgIpc) is 2.46. The van der Waals surface area contributed by atoms with E-state index in [1.165, 1.54) is 0 Å². The molecule has 0 saturated heterocycles. The fourth-order valence-electron chi connectivity index (χ4n) is 2.16. The summed E-state index contributed by atoms with van der Waals surface area (Å²) in [5, 5.41) is 3.14. The molecule has 0 radical (unpaired) electrons. The van der Waals surface area contributed by atoms with Crippen molar-refractivity contribution in [1.82, 2.24) is 0 Å². The summed E-state index contributed by atoms with van der Waals surface area (Å²) in [5.41, 5.74) is 1.55. The number of likely N-dealkylation sites (N-methyl/N-ethyl adjacent to an activating group) is 1. The van der Waals surface area contributed by atoms with Gasteiger partial charge in [0.15, 0.2) is 6.10 Å². The number of amides is 1.